The van der Waals surface area contributed by atoms with Crippen LogP contribution in [0.1, 0.15) is 17.8 Å². The number of fused-ring (bicyclic) bond motifs is 1. The van der Waals surface area contributed by atoms with Gasteiger partial charge in [0.25, 0.3) is 0 Å². The largest absolute Gasteiger partial charge is 0.379 e. The highest BCUT2D eigenvalue weighted by Crippen LogP contribution is 2.33. The average molecular weight is 327 g/mol. The number of nitrogens with one attached hydrogen (secondary N) is 1. The van der Waals surface area contributed by atoms with Gasteiger partial charge < -0.3 is 10.1 Å². The molecule has 3 rings (SSSR count). The van der Waals surface area contributed by atoms with Crippen LogP contribution in [0, 0.1) is 0 Å². The van der Waals surface area contributed by atoms with Crippen molar-refractivity contribution in [2.75, 3.05) is 19.8 Å². The van der Waals surface area contributed by atoms with Crippen molar-refractivity contribution in [2.45, 2.75) is 18.9 Å². The third-order valence-electron chi connectivity index (χ3n) is 3.23. The van der Waals surface area contributed by atoms with Gasteiger partial charge in [-0.2, -0.15) is 0 Å². The second kappa shape index (κ2) is 5.25. The molecule has 2 heterocycles. The smallest absolute Gasteiger partial charge is 0.101 e. The molecule has 96 valence electrons. The van der Waals surface area contributed by atoms with Crippen molar-refractivity contribution in [1.29, 1.82) is 0 Å². The van der Waals surface area contributed by atoms with Crippen LogP contribution in [0.4, 0.5) is 0 Å². The van der Waals surface area contributed by atoms with Gasteiger partial charge in [-0.1, -0.05) is 22.9 Å². The lowest BCUT2D eigenvalue weighted by Gasteiger charge is -2.15. The van der Waals surface area contributed by atoms with E-state index in [1.54, 1.807) is 11.3 Å². The first-order chi connectivity index (χ1) is 8.78. The fraction of sp³-hybridized carbons (Fsp3) is 0.462. The maximum absolute atomic E-state index is 5.59. The van der Waals surface area contributed by atoms with Gasteiger partial charge in [0.1, 0.15) is 5.01 Å². The summed E-state index contributed by atoms with van der Waals surface area (Å²) in [6.45, 7) is 4.67. The van der Waals surface area contributed by atoms with E-state index >= 15 is 0 Å². The van der Waals surface area contributed by atoms with Crippen LogP contribution < -0.4 is 5.32 Å². The molecule has 0 saturated carbocycles. The molecular formula is C13H15BrN2OS. The molecular weight excluding hydrogens is 312 g/mol. The van der Waals surface area contributed by atoms with Crippen LogP contribution in [-0.4, -0.2) is 30.8 Å². The molecule has 3 nitrogen and oxygen atoms in total. The molecule has 0 spiro atoms. The first kappa shape index (κ1) is 12.5. The van der Waals surface area contributed by atoms with Gasteiger partial charge in [0, 0.05) is 10.5 Å². The van der Waals surface area contributed by atoms with Gasteiger partial charge in [-0.3, -0.25) is 0 Å². The molecule has 0 amide bonds. The molecule has 1 aliphatic heterocycles. The fourth-order valence-electron chi connectivity index (χ4n) is 2.34. The molecule has 1 N–H and O–H groups in total. The van der Waals surface area contributed by atoms with Gasteiger partial charge in [0.05, 0.1) is 29.3 Å². The van der Waals surface area contributed by atoms with Crippen molar-refractivity contribution in [1.82, 2.24) is 10.3 Å². The van der Waals surface area contributed by atoms with Crippen molar-refractivity contribution in [3.05, 3.63) is 27.7 Å². The summed E-state index contributed by atoms with van der Waals surface area (Å²) >= 11 is 5.28. The Kier molecular flexibility index (Phi) is 3.66. The number of nitrogens with zero attached hydrogens (tertiary/aromatic N) is 1. The molecule has 18 heavy (non-hydrogen) atoms. The van der Waals surface area contributed by atoms with E-state index in [1.807, 2.05) is 6.07 Å². The minimum Gasteiger partial charge on any atom is -0.379 e. The number of ether oxygens (including phenoxy) is 1. The molecule has 0 aliphatic carbocycles. The molecule has 1 aromatic heterocycles. The lowest BCUT2D eigenvalue weighted by Crippen LogP contribution is -2.34. The summed E-state index contributed by atoms with van der Waals surface area (Å²) in [6, 6.07) is 6.64. The Morgan fingerprint density at radius 2 is 2.39 bits per heavy atom. The number of halogens is 1. The van der Waals surface area contributed by atoms with Crippen LogP contribution in [0.3, 0.4) is 0 Å². The topological polar surface area (TPSA) is 34.1 Å². The molecule has 1 aliphatic rings. The second-order valence-corrected chi connectivity index (χ2v) is 6.45. The Hall–Kier alpha value is -0.490. The van der Waals surface area contributed by atoms with Gasteiger partial charge in [-0.05, 0) is 24.7 Å². The zero-order valence-electron chi connectivity index (χ0n) is 10.1. The van der Waals surface area contributed by atoms with Crippen LogP contribution in [0.15, 0.2) is 22.7 Å². The van der Waals surface area contributed by atoms with Crippen molar-refractivity contribution in [3.8, 4) is 0 Å². The van der Waals surface area contributed by atoms with E-state index in [9.17, 15) is 0 Å². The van der Waals surface area contributed by atoms with Gasteiger partial charge >= 0.3 is 0 Å². The van der Waals surface area contributed by atoms with Crippen LogP contribution in [0.2, 0.25) is 0 Å². The van der Waals surface area contributed by atoms with E-state index in [-0.39, 0.29) is 0 Å². The van der Waals surface area contributed by atoms with E-state index in [0.29, 0.717) is 12.0 Å². The fourth-order valence-corrected chi connectivity index (χ4v) is 4.01. The quantitative estimate of drug-likeness (QED) is 0.940. The van der Waals surface area contributed by atoms with Crippen LogP contribution in [-0.2, 0) is 4.74 Å². The SMILES string of the molecule is CCNC1COCC1c1nc2ccc(Br)cc2s1. The number of hydrogen-bond donors (Lipinski definition) is 1. The number of hydrogen-bond acceptors (Lipinski definition) is 4. The number of rotatable bonds is 3. The number of likely N-dealkylation sites (N-methyl/N-ethyl adjacent to an activating group) is 1. The molecule has 2 atom stereocenters. The maximum Gasteiger partial charge on any atom is 0.101 e. The Morgan fingerprint density at radius 1 is 1.50 bits per heavy atom. The van der Waals surface area contributed by atoms with E-state index in [0.717, 1.165) is 29.7 Å². The molecule has 1 aromatic carbocycles. The molecule has 2 aromatic rings. The van der Waals surface area contributed by atoms with Crippen LogP contribution in [0.5, 0.6) is 0 Å². The zero-order valence-corrected chi connectivity index (χ0v) is 12.6. The highest BCUT2D eigenvalue weighted by Gasteiger charge is 2.31. The summed E-state index contributed by atoms with van der Waals surface area (Å²) < 4.78 is 7.94. The molecule has 2 unspecified atom stereocenters. The molecule has 0 bridgehead atoms. The highest BCUT2D eigenvalue weighted by molar-refractivity contribution is 9.10. The van der Waals surface area contributed by atoms with Crippen molar-refractivity contribution >= 4 is 37.5 Å². The number of aromatic nitrogens is 1. The third-order valence-corrected chi connectivity index (χ3v) is 4.87. The zero-order chi connectivity index (χ0) is 12.5. The summed E-state index contributed by atoms with van der Waals surface area (Å²) in [5, 5.41) is 4.67. The van der Waals surface area contributed by atoms with E-state index < -0.39 is 0 Å². The minimum atomic E-state index is 0.390. The predicted octanol–water partition coefficient (Wildman–Crippen LogP) is 3.15. The van der Waals surface area contributed by atoms with Crippen molar-refractivity contribution in [3.63, 3.8) is 0 Å². The first-order valence-electron chi connectivity index (χ1n) is 6.15. The maximum atomic E-state index is 5.59. The minimum absolute atomic E-state index is 0.390. The summed E-state index contributed by atoms with van der Waals surface area (Å²) in [5.41, 5.74) is 1.08. The Labute approximate surface area is 119 Å². The van der Waals surface area contributed by atoms with Crippen LogP contribution in [0.25, 0.3) is 10.2 Å². The second-order valence-electron chi connectivity index (χ2n) is 4.47. The number of thiazole rings is 1. The van der Waals surface area contributed by atoms with E-state index in [2.05, 4.69) is 40.3 Å². The normalized spacial score (nSPS) is 23.9. The van der Waals surface area contributed by atoms with Crippen LogP contribution >= 0.6 is 27.3 Å². The van der Waals surface area contributed by atoms with Gasteiger partial charge in [0.15, 0.2) is 0 Å². The third kappa shape index (κ3) is 2.32. The molecule has 1 fully saturated rings. The van der Waals surface area contributed by atoms with E-state index in [1.165, 1.54) is 9.71 Å². The van der Waals surface area contributed by atoms with Gasteiger partial charge in [0.2, 0.25) is 0 Å². The number of benzene rings is 1. The Bertz CT molecular complexity index is 557. The molecule has 5 heteroatoms. The summed E-state index contributed by atoms with van der Waals surface area (Å²) in [7, 11) is 0. The lowest BCUT2D eigenvalue weighted by molar-refractivity contribution is 0.188. The Balaban J connectivity index is 1.93. The van der Waals surface area contributed by atoms with Crippen molar-refractivity contribution < 1.29 is 4.74 Å². The predicted molar refractivity (Wildman–Crippen MR) is 78.3 cm³/mol. The van der Waals surface area contributed by atoms with Crippen molar-refractivity contribution in [2.24, 2.45) is 0 Å². The average Bonchev–Trinajstić information content (AvgIpc) is 2.94. The molecule has 1 saturated heterocycles. The standard InChI is InChI=1S/C13H15BrN2OS/c1-2-15-11-7-17-6-9(11)13-16-10-4-3-8(14)5-12(10)18-13/h3-5,9,11,15H,2,6-7H2,1H3. The van der Waals surface area contributed by atoms with Gasteiger partial charge in [-0.15, -0.1) is 11.3 Å². The lowest BCUT2D eigenvalue weighted by atomic mass is 10.1. The van der Waals surface area contributed by atoms with Gasteiger partial charge in [-0.25, -0.2) is 4.98 Å². The summed E-state index contributed by atoms with van der Waals surface area (Å²) in [5.74, 6) is 0.390. The summed E-state index contributed by atoms with van der Waals surface area (Å²) in [6.07, 6.45) is 0. The highest BCUT2D eigenvalue weighted by atomic mass is 79.9. The monoisotopic (exact) mass is 326 g/mol. The Morgan fingerprint density at radius 3 is 3.22 bits per heavy atom. The summed E-state index contributed by atoms with van der Waals surface area (Å²) in [4.78, 5) is 4.75. The van der Waals surface area contributed by atoms with E-state index in [4.69, 9.17) is 9.72 Å². The molecule has 0 radical (unpaired) electrons. The first-order valence-corrected chi connectivity index (χ1v) is 7.76.